The number of pyridine rings is 1. The molecule has 132 valence electrons. The summed E-state index contributed by atoms with van der Waals surface area (Å²) in [4.78, 5) is 28.0. The van der Waals surface area contributed by atoms with Crippen molar-refractivity contribution in [2.75, 3.05) is 0 Å². The molecule has 0 spiro atoms. The molecule has 1 aromatic carbocycles. The first-order valence-electron chi connectivity index (χ1n) is 7.70. The first-order valence-corrected chi connectivity index (χ1v) is 8.46. The first-order chi connectivity index (χ1) is 11.8. The first kappa shape index (κ1) is 19.2. The lowest BCUT2D eigenvalue weighted by molar-refractivity contribution is 0.0377. The molecule has 0 saturated carbocycles. The molecule has 0 aliphatic rings. The Bertz CT molecular complexity index is 776. The molecule has 5 nitrogen and oxygen atoms in total. The maximum absolute atomic E-state index is 12.3. The highest BCUT2D eigenvalue weighted by atomic mass is 35.5. The van der Waals surface area contributed by atoms with Gasteiger partial charge in [0, 0.05) is 6.20 Å². The number of halogens is 2. The largest absolute Gasteiger partial charge is 0.459 e. The van der Waals surface area contributed by atoms with Gasteiger partial charge in [-0.3, -0.25) is 4.79 Å². The number of esters is 1. The van der Waals surface area contributed by atoms with Gasteiger partial charge in [0.05, 0.1) is 28.3 Å². The van der Waals surface area contributed by atoms with Crippen LogP contribution in [0.3, 0.4) is 0 Å². The highest BCUT2D eigenvalue weighted by Crippen LogP contribution is 2.20. The highest BCUT2D eigenvalue weighted by molar-refractivity contribution is 6.34. The number of ether oxygens (including phenoxy) is 1. The third kappa shape index (κ3) is 5.18. The summed E-state index contributed by atoms with van der Waals surface area (Å²) in [5.41, 5.74) is 1.50. The summed E-state index contributed by atoms with van der Waals surface area (Å²) in [6.07, 6.45) is 1.19. The highest BCUT2D eigenvalue weighted by Gasteiger charge is 2.16. The molecular formula is C18H18Cl2N2O3. The van der Waals surface area contributed by atoms with Gasteiger partial charge < -0.3 is 10.1 Å². The Morgan fingerprint density at radius 1 is 1.12 bits per heavy atom. The molecule has 25 heavy (non-hydrogen) atoms. The average molecular weight is 381 g/mol. The molecular weight excluding hydrogens is 363 g/mol. The number of benzene rings is 1. The van der Waals surface area contributed by atoms with E-state index in [1.54, 1.807) is 38.1 Å². The Kier molecular flexibility index (Phi) is 6.39. The smallest absolute Gasteiger partial charge is 0.338 e. The van der Waals surface area contributed by atoms with Gasteiger partial charge in [0.25, 0.3) is 5.91 Å². The minimum absolute atomic E-state index is 0.0841. The van der Waals surface area contributed by atoms with E-state index in [4.69, 9.17) is 27.9 Å². The van der Waals surface area contributed by atoms with Gasteiger partial charge in [-0.25, -0.2) is 9.78 Å². The van der Waals surface area contributed by atoms with Crippen molar-refractivity contribution >= 4 is 35.1 Å². The van der Waals surface area contributed by atoms with E-state index in [0.29, 0.717) is 10.6 Å². The van der Waals surface area contributed by atoms with Gasteiger partial charge in [0.2, 0.25) is 0 Å². The van der Waals surface area contributed by atoms with Crippen LogP contribution in [0.2, 0.25) is 10.2 Å². The van der Waals surface area contributed by atoms with Crippen molar-refractivity contribution in [3.63, 3.8) is 0 Å². The van der Waals surface area contributed by atoms with Crippen molar-refractivity contribution in [1.82, 2.24) is 10.3 Å². The van der Waals surface area contributed by atoms with Crippen molar-refractivity contribution in [2.45, 2.75) is 32.9 Å². The molecule has 2 rings (SSSR count). The molecule has 1 amide bonds. The molecule has 1 atom stereocenters. The summed E-state index contributed by atoms with van der Waals surface area (Å²) in [5, 5.41) is 3.24. The lowest BCUT2D eigenvalue weighted by atomic mass is 10.1. The third-order valence-electron chi connectivity index (χ3n) is 3.39. The number of carbonyl (C=O) groups excluding carboxylic acids is 2. The summed E-state index contributed by atoms with van der Waals surface area (Å²) < 4.78 is 5.14. The Labute approximate surface area is 156 Å². The fraction of sp³-hybridized carbons (Fsp3) is 0.278. The van der Waals surface area contributed by atoms with Crippen LogP contribution in [0.15, 0.2) is 36.5 Å². The van der Waals surface area contributed by atoms with Gasteiger partial charge in [-0.15, -0.1) is 0 Å². The Hall–Kier alpha value is -2.11. The van der Waals surface area contributed by atoms with Crippen molar-refractivity contribution in [3.8, 4) is 0 Å². The average Bonchev–Trinajstić information content (AvgIpc) is 2.56. The van der Waals surface area contributed by atoms with E-state index in [0.717, 1.165) is 5.56 Å². The lowest BCUT2D eigenvalue weighted by Gasteiger charge is -2.15. The zero-order valence-corrected chi connectivity index (χ0v) is 15.6. The van der Waals surface area contributed by atoms with Crippen LogP contribution in [0.4, 0.5) is 0 Å². The molecule has 2 aromatic rings. The van der Waals surface area contributed by atoms with Gasteiger partial charge in [-0.1, -0.05) is 35.3 Å². The number of nitrogens with zero attached hydrogens (tertiary/aromatic N) is 1. The number of amides is 1. The Balaban J connectivity index is 2.08. The molecule has 0 bridgehead atoms. The van der Waals surface area contributed by atoms with Crippen LogP contribution in [0.25, 0.3) is 0 Å². The van der Waals surface area contributed by atoms with Crippen LogP contribution < -0.4 is 5.32 Å². The number of hydrogen-bond donors (Lipinski definition) is 1. The van der Waals surface area contributed by atoms with E-state index in [1.165, 1.54) is 12.3 Å². The summed E-state index contributed by atoms with van der Waals surface area (Å²) in [6, 6.07) is 8.02. The van der Waals surface area contributed by atoms with E-state index >= 15 is 0 Å². The molecule has 0 aliphatic carbocycles. The molecule has 0 saturated heterocycles. The number of aromatic nitrogens is 1. The van der Waals surface area contributed by atoms with E-state index < -0.39 is 0 Å². The van der Waals surface area contributed by atoms with Crippen molar-refractivity contribution in [1.29, 1.82) is 0 Å². The van der Waals surface area contributed by atoms with Gasteiger partial charge in [0.15, 0.2) is 0 Å². The molecule has 1 aromatic heterocycles. The zero-order valence-electron chi connectivity index (χ0n) is 14.0. The van der Waals surface area contributed by atoms with Gasteiger partial charge in [0.1, 0.15) is 5.15 Å². The summed E-state index contributed by atoms with van der Waals surface area (Å²) >= 11 is 11.8. The summed E-state index contributed by atoms with van der Waals surface area (Å²) in [6.45, 7) is 5.41. The van der Waals surface area contributed by atoms with E-state index in [9.17, 15) is 9.59 Å². The van der Waals surface area contributed by atoms with Crippen LogP contribution >= 0.6 is 23.2 Å². The molecule has 1 N–H and O–H groups in total. The Morgan fingerprint density at radius 2 is 1.76 bits per heavy atom. The SMILES string of the molecule is CC(C)OC(=O)c1ccc([C@H](C)NC(=O)c2cc(Cl)cnc2Cl)cc1. The fourth-order valence-corrected chi connectivity index (χ4v) is 2.48. The molecule has 1 heterocycles. The zero-order chi connectivity index (χ0) is 18.6. The minimum Gasteiger partial charge on any atom is -0.459 e. The molecule has 0 radical (unpaired) electrons. The molecule has 7 heteroatoms. The lowest BCUT2D eigenvalue weighted by Crippen LogP contribution is -2.27. The normalized spacial score (nSPS) is 11.9. The predicted octanol–water partition coefficient (Wildman–Crippen LogP) is 4.44. The van der Waals surface area contributed by atoms with Gasteiger partial charge >= 0.3 is 5.97 Å². The number of rotatable bonds is 5. The second-order valence-electron chi connectivity index (χ2n) is 5.76. The molecule has 0 fully saturated rings. The van der Waals surface area contributed by atoms with Crippen molar-refractivity contribution < 1.29 is 14.3 Å². The summed E-state index contributed by atoms with van der Waals surface area (Å²) in [5.74, 6) is -0.759. The number of nitrogens with one attached hydrogen (secondary N) is 1. The fourth-order valence-electron chi connectivity index (χ4n) is 2.13. The number of hydrogen-bond acceptors (Lipinski definition) is 4. The van der Waals surface area contributed by atoms with Crippen LogP contribution in [-0.4, -0.2) is 23.0 Å². The second kappa shape index (κ2) is 8.32. The minimum atomic E-state index is -0.380. The molecule has 0 aliphatic heterocycles. The maximum atomic E-state index is 12.3. The van der Waals surface area contributed by atoms with E-state index in [2.05, 4.69) is 10.3 Å². The maximum Gasteiger partial charge on any atom is 0.338 e. The molecule has 0 unspecified atom stereocenters. The topological polar surface area (TPSA) is 68.3 Å². The summed E-state index contributed by atoms with van der Waals surface area (Å²) in [7, 11) is 0. The second-order valence-corrected chi connectivity index (χ2v) is 6.56. The van der Waals surface area contributed by atoms with Gasteiger partial charge in [-0.2, -0.15) is 0 Å². The predicted molar refractivity (Wildman–Crippen MR) is 97.1 cm³/mol. The van der Waals surface area contributed by atoms with Crippen molar-refractivity contribution in [3.05, 3.63) is 63.4 Å². The van der Waals surface area contributed by atoms with Crippen LogP contribution in [0.5, 0.6) is 0 Å². The monoisotopic (exact) mass is 380 g/mol. The standard InChI is InChI=1S/C18H18Cl2N2O3/c1-10(2)25-18(24)13-6-4-12(5-7-13)11(3)22-17(23)15-8-14(19)9-21-16(15)20/h4-11H,1-3H3,(H,22,23)/t11-/m0/s1. The quantitative estimate of drug-likeness (QED) is 0.614. The van der Waals surface area contributed by atoms with Crippen molar-refractivity contribution in [2.24, 2.45) is 0 Å². The third-order valence-corrected chi connectivity index (χ3v) is 3.89. The van der Waals surface area contributed by atoms with Crippen LogP contribution in [0.1, 0.15) is 53.1 Å². The van der Waals surface area contributed by atoms with Gasteiger partial charge in [-0.05, 0) is 44.5 Å². The van der Waals surface area contributed by atoms with E-state index in [-0.39, 0.29) is 34.7 Å². The number of carbonyl (C=O) groups is 2. The Morgan fingerprint density at radius 3 is 2.36 bits per heavy atom. The van der Waals surface area contributed by atoms with Crippen LogP contribution in [-0.2, 0) is 4.74 Å². The van der Waals surface area contributed by atoms with Crippen LogP contribution in [0, 0.1) is 0 Å². The van der Waals surface area contributed by atoms with E-state index in [1.807, 2.05) is 6.92 Å².